The first-order chi connectivity index (χ1) is 10.5. The number of aromatic nitrogens is 1. The van der Waals surface area contributed by atoms with E-state index in [1.54, 1.807) is 13.1 Å². The van der Waals surface area contributed by atoms with Crippen molar-refractivity contribution in [2.24, 2.45) is 0 Å². The van der Waals surface area contributed by atoms with Crippen LogP contribution in [-0.2, 0) is 16.0 Å². The van der Waals surface area contributed by atoms with Gasteiger partial charge in [-0.05, 0) is 32.5 Å². The predicted molar refractivity (Wildman–Crippen MR) is 86.0 cm³/mol. The Labute approximate surface area is 132 Å². The highest BCUT2D eigenvalue weighted by atomic mass is 16.5. The first-order valence-corrected chi connectivity index (χ1v) is 7.86. The van der Waals surface area contributed by atoms with Crippen LogP contribution in [0.3, 0.4) is 0 Å². The molecule has 0 radical (unpaired) electrons. The topological polar surface area (TPSA) is 74.4 Å². The van der Waals surface area contributed by atoms with Crippen LogP contribution in [0.1, 0.15) is 42.4 Å². The van der Waals surface area contributed by atoms with E-state index < -0.39 is 0 Å². The van der Waals surface area contributed by atoms with Crippen molar-refractivity contribution in [3.05, 3.63) is 23.0 Å². The van der Waals surface area contributed by atoms with Crippen LogP contribution in [0.4, 0.5) is 0 Å². The number of carbonyl (C=O) groups excluding carboxylic acids is 2. The van der Waals surface area contributed by atoms with Crippen LogP contribution in [0.15, 0.2) is 6.20 Å². The molecule has 124 valence electrons. The number of likely N-dealkylation sites (N-methyl/N-ethyl adjacent to an activating group) is 1. The van der Waals surface area contributed by atoms with Gasteiger partial charge in [0.1, 0.15) is 0 Å². The third-order valence-electron chi connectivity index (χ3n) is 3.62. The van der Waals surface area contributed by atoms with E-state index in [4.69, 9.17) is 4.74 Å². The third-order valence-corrected chi connectivity index (χ3v) is 3.62. The molecule has 0 spiro atoms. The number of amides is 1. The summed E-state index contributed by atoms with van der Waals surface area (Å²) in [5.41, 5.74) is 1.88. The van der Waals surface area contributed by atoms with Gasteiger partial charge in [-0.3, -0.25) is 4.79 Å². The fraction of sp³-hybridized carbons (Fsp3) is 0.625. The van der Waals surface area contributed by atoms with Crippen molar-refractivity contribution in [2.45, 2.75) is 34.1 Å². The number of nitrogens with zero attached hydrogens (tertiary/aromatic N) is 1. The molecule has 0 atom stereocenters. The van der Waals surface area contributed by atoms with Crippen molar-refractivity contribution < 1.29 is 14.3 Å². The largest absolute Gasteiger partial charge is 0.462 e. The van der Waals surface area contributed by atoms with E-state index >= 15 is 0 Å². The Hall–Kier alpha value is -1.82. The molecule has 0 bridgehead atoms. The summed E-state index contributed by atoms with van der Waals surface area (Å²) in [6.45, 7) is 11.5. The summed E-state index contributed by atoms with van der Waals surface area (Å²) in [5.74, 6) is -0.480. The second kappa shape index (κ2) is 9.25. The number of H-pyrrole nitrogens is 1. The monoisotopic (exact) mass is 309 g/mol. The quantitative estimate of drug-likeness (QED) is 0.678. The molecule has 0 aliphatic carbocycles. The first-order valence-electron chi connectivity index (χ1n) is 7.86. The maximum Gasteiger partial charge on any atom is 0.340 e. The molecule has 0 saturated heterocycles. The van der Waals surface area contributed by atoms with Crippen LogP contribution < -0.4 is 5.32 Å². The minimum atomic E-state index is -0.382. The summed E-state index contributed by atoms with van der Waals surface area (Å²) in [4.78, 5) is 29.2. The summed E-state index contributed by atoms with van der Waals surface area (Å²) >= 11 is 0. The first kappa shape index (κ1) is 18.2. The Morgan fingerprint density at radius 1 is 1.27 bits per heavy atom. The number of nitrogens with one attached hydrogen (secondary N) is 2. The second-order valence-corrected chi connectivity index (χ2v) is 5.10. The number of hydrogen-bond donors (Lipinski definition) is 2. The Bertz CT molecular complexity index is 493. The van der Waals surface area contributed by atoms with Gasteiger partial charge in [0.2, 0.25) is 5.91 Å². The smallest absolute Gasteiger partial charge is 0.340 e. The fourth-order valence-corrected chi connectivity index (χ4v) is 2.32. The molecule has 0 aliphatic rings. The number of esters is 1. The van der Waals surface area contributed by atoms with Gasteiger partial charge < -0.3 is 19.9 Å². The minimum Gasteiger partial charge on any atom is -0.462 e. The standard InChI is InChI=1S/C16H27N3O3/c1-5-19(6-2)9-8-17-14(20)10-13-15(12(4)11-18-13)16(21)22-7-3/h11,18H,5-10H2,1-4H3,(H,17,20). The average molecular weight is 309 g/mol. The molecule has 1 aromatic heterocycles. The lowest BCUT2D eigenvalue weighted by Gasteiger charge is -2.17. The highest BCUT2D eigenvalue weighted by Gasteiger charge is 2.19. The number of aromatic amines is 1. The number of aryl methyl sites for hydroxylation is 1. The van der Waals surface area contributed by atoms with Crippen molar-refractivity contribution in [3.8, 4) is 0 Å². The lowest BCUT2D eigenvalue weighted by Crippen LogP contribution is -2.35. The third kappa shape index (κ3) is 5.18. The number of carbonyl (C=O) groups is 2. The molecule has 1 rings (SSSR count). The molecule has 2 N–H and O–H groups in total. The fourth-order valence-electron chi connectivity index (χ4n) is 2.32. The van der Waals surface area contributed by atoms with Crippen LogP contribution in [0.5, 0.6) is 0 Å². The van der Waals surface area contributed by atoms with Gasteiger partial charge >= 0.3 is 5.97 Å². The predicted octanol–water partition coefficient (Wildman–Crippen LogP) is 1.50. The van der Waals surface area contributed by atoms with Gasteiger partial charge in [-0.25, -0.2) is 4.79 Å². The molecule has 1 aromatic rings. The van der Waals surface area contributed by atoms with E-state index in [9.17, 15) is 9.59 Å². The molecular weight excluding hydrogens is 282 g/mol. The Balaban J connectivity index is 2.56. The molecule has 6 nitrogen and oxygen atoms in total. The molecule has 0 fully saturated rings. The minimum absolute atomic E-state index is 0.0976. The van der Waals surface area contributed by atoms with Gasteiger partial charge in [0.15, 0.2) is 0 Å². The van der Waals surface area contributed by atoms with Gasteiger partial charge in [-0.15, -0.1) is 0 Å². The van der Waals surface area contributed by atoms with Gasteiger partial charge in [-0.1, -0.05) is 13.8 Å². The van der Waals surface area contributed by atoms with Crippen molar-refractivity contribution in [1.82, 2.24) is 15.2 Å². The highest BCUT2D eigenvalue weighted by molar-refractivity contribution is 5.94. The van der Waals surface area contributed by atoms with Crippen LogP contribution in [-0.4, -0.2) is 54.5 Å². The molecule has 0 aliphatic heterocycles. The van der Waals surface area contributed by atoms with E-state index in [2.05, 4.69) is 29.0 Å². The zero-order valence-electron chi connectivity index (χ0n) is 14.0. The van der Waals surface area contributed by atoms with Crippen LogP contribution in [0, 0.1) is 6.92 Å². The SMILES string of the molecule is CCOC(=O)c1c(C)c[nH]c1CC(=O)NCCN(CC)CC. The summed E-state index contributed by atoms with van der Waals surface area (Å²) in [6, 6.07) is 0. The normalized spacial score (nSPS) is 10.8. The second-order valence-electron chi connectivity index (χ2n) is 5.10. The molecule has 0 aromatic carbocycles. The van der Waals surface area contributed by atoms with Crippen molar-refractivity contribution in [3.63, 3.8) is 0 Å². The van der Waals surface area contributed by atoms with E-state index in [1.807, 2.05) is 6.92 Å². The van der Waals surface area contributed by atoms with Gasteiger partial charge in [0.05, 0.1) is 18.6 Å². The van der Waals surface area contributed by atoms with Crippen LogP contribution in [0.25, 0.3) is 0 Å². The maximum absolute atomic E-state index is 12.0. The molecule has 0 unspecified atom stereocenters. The van der Waals surface area contributed by atoms with Crippen molar-refractivity contribution in [2.75, 3.05) is 32.8 Å². The maximum atomic E-state index is 12.0. The zero-order valence-corrected chi connectivity index (χ0v) is 14.0. The molecular formula is C16H27N3O3. The Morgan fingerprint density at radius 2 is 1.95 bits per heavy atom. The Morgan fingerprint density at radius 3 is 2.55 bits per heavy atom. The van der Waals surface area contributed by atoms with Gasteiger partial charge in [0, 0.05) is 25.0 Å². The molecule has 1 amide bonds. The van der Waals surface area contributed by atoms with E-state index in [1.165, 1.54) is 0 Å². The Kier molecular flexibility index (Phi) is 7.66. The summed E-state index contributed by atoms with van der Waals surface area (Å²) in [6.07, 6.45) is 1.88. The van der Waals surface area contributed by atoms with Gasteiger partial charge in [-0.2, -0.15) is 0 Å². The zero-order chi connectivity index (χ0) is 16.5. The molecule has 6 heteroatoms. The lowest BCUT2D eigenvalue weighted by atomic mass is 10.1. The van der Waals surface area contributed by atoms with Crippen LogP contribution >= 0.6 is 0 Å². The number of ether oxygens (including phenoxy) is 1. The van der Waals surface area contributed by atoms with Crippen LogP contribution in [0.2, 0.25) is 0 Å². The van der Waals surface area contributed by atoms with Gasteiger partial charge in [0.25, 0.3) is 0 Å². The number of hydrogen-bond acceptors (Lipinski definition) is 4. The van der Waals surface area contributed by atoms with E-state index in [-0.39, 0.29) is 18.3 Å². The summed E-state index contributed by atoms with van der Waals surface area (Å²) in [7, 11) is 0. The van der Waals surface area contributed by atoms with E-state index in [0.717, 1.165) is 25.2 Å². The highest BCUT2D eigenvalue weighted by Crippen LogP contribution is 2.15. The lowest BCUT2D eigenvalue weighted by molar-refractivity contribution is -0.120. The molecule has 22 heavy (non-hydrogen) atoms. The molecule has 0 saturated carbocycles. The molecule has 1 heterocycles. The number of rotatable bonds is 9. The van der Waals surface area contributed by atoms with Crippen molar-refractivity contribution >= 4 is 11.9 Å². The van der Waals surface area contributed by atoms with Crippen molar-refractivity contribution in [1.29, 1.82) is 0 Å². The summed E-state index contributed by atoms with van der Waals surface area (Å²) < 4.78 is 5.03. The summed E-state index contributed by atoms with van der Waals surface area (Å²) in [5, 5.41) is 2.88. The average Bonchev–Trinajstić information content (AvgIpc) is 2.84. The van der Waals surface area contributed by atoms with E-state index in [0.29, 0.717) is 24.4 Å².